The average Bonchev–Trinajstić information content (AvgIpc) is 1.63. The SMILES string of the molecule is C.C.OCC[NH2+]C1CCC1.[I-]. The molecule has 72 valence electrons. The van der Waals surface area contributed by atoms with Crippen LogP contribution in [-0.2, 0) is 0 Å². The Hall–Kier alpha value is 0.650. The molecule has 0 atom stereocenters. The fraction of sp³-hybridized carbons (Fsp3) is 1.00. The highest BCUT2D eigenvalue weighted by Crippen LogP contribution is 2.13. The third kappa shape index (κ3) is 7.03. The Morgan fingerprint density at radius 3 is 2.09 bits per heavy atom. The third-order valence-electron chi connectivity index (χ3n) is 1.78. The van der Waals surface area contributed by atoms with E-state index in [1.807, 2.05) is 0 Å². The Bertz CT molecular complexity index is 67.1. The first-order valence-electron chi connectivity index (χ1n) is 3.37. The summed E-state index contributed by atoms with van der Waals surface area (Å²) < 4.78 is 0. The summed E-state index contributed by atoms with van der Waals surface area (Å²) in [5, 5.41) is 10.6. The Kier molecular flexibility index (Phi) is 17.1. The van der Waals surface area contributed by atoms with E-state index in [1.165, 1.54) is 19.3 Å². The molecule has 1 aliphatic carbocycles. The highest BCUT2D eigenvalue weighted by atomic mass is 127. The first-order chi connectivity index (χ1) is 3.93. The van der Waals surface area contributed by atoms with Gasteiger partial charge in [0.1, 0.15) is 0 Å². The van der Waals surface area contributed by atoms with Gasteiger partial charge in [0.15, 0.2) is 0 Å². The lowest BCUT2D eigenvalue weighted by Gasteiger charge is -2.22. The average molecular weight is 275 g/mol. The lowest BCUT2D eigenvalue weighted by atomic mass is 9.93. The second-order valence-corrected chi connectivity index (χ2v) is 2.44. The van der Waals surface area contributed by atoms with Gasteiger partial charge in [-0.2, -0.15) is 0 Å². The molecule has 0 heterocycles. The van der Waals surface area contributed by atoms with Crippen molar-refractivity contribution in [2.75, 3.05) is 13.2 Å². The topological polar surface area (TPSA) is 36.8 Å². The van der Waals surface area contributed by atoms with Gasteiger partial charge in [0.2, 0.25) is 0 Å². The molecule has 1 saturated carbocycles. The van der Waals surface area contributed by atoms with Crippen molar-refractivity contribution in [2.24, 2.45) is 0 Å². The molecule has 1 rings (SSSR count). The Morgan fingerprint density at radius 2 is 1.82 bits per heavy atom. The monoisotopic (exact) mass is 275 g/mol. The molecule has 11 heavy (non-hydrogen) atoms. The van der Waals surface area contributed by atoms with Gasteiger partial charge in [-0.25, -0.2) is 0 Å². The van der Waals surface area contributed by atoms with Crippen LogP contribution in [0.3, 0.4) is 0 Å². The molecule has 0 aliphatic heterocycles. The van der Waals surface area contributed by atoms with Crippen LogP contribution in [0.15, 0.2) is 0 Å². The quantitative estimate of drug-likeness (QED) is 0.543. The molecule has 2 nitrogen and oxygen atoms in total. The van der Waals surface area contributed by atoms with Crippen LogP contribution in [0.25, 0.3) is 0 Å². The standard InChI is InChI=1S/C6H13NO.2CH4.HI/c8-5-4-7-6-2-1-3-6;;;/h6-8H,1-5H2;2*1H4;1H. The van der Waals surface area contributed by atoms with Crippen LogP contribution >= 0.6 is 0 Å². The van der Waals surface area contributed by atoms with Gasteiger partial charge in [-0.05, 0) is 19.3 Å². The van der Waals surface area contributed by atoms with E-state index in [0.29, 0.717) is 6.61 Å². The number of hydrogen-bond acceptors (Lipinski definition) is 1. The van der Waals surface area contributed by atoms with Gasteiger partial charge in [-0.1, -0.05) is 14.9 Å². The van der Waals surface area contributed by atoms with Crippen molar-refractivity contribution in [3.05, 3.63) is 0 Å². The minimum absolute atomic E-state index is 0. The fourth-order valence-corrected chi connectivity index (χ4v) is 0.986. The summed E-state index contributed by atoms with van der Waals surface area (Å²) in [6.45, 7) is 1.22. The molecule has 1 aliphatic rings. The van der Waals surface area contributed by atoms with Gasteiger partial charge >= 0.3 is 0 Å². The van der Waals surface area contributed by atoms with E-state index < -0.39 is 0 Å². The number of aliphatic hydroxyl groups is 1. The number of quaternary nitrogens is 1. The zero-order valence-electron chi connectivity index (χ0n) is 5.52. The summed E-state index contributed by atoms with van der Waals surface area (Å²) >= 11 is 0. The van der Waals surface area contributed by atoms with E-state index in [0.717, 1.165) is 12.6 Å². The highest BCUT2D eigenvalue weighted by molar-refractivity contribution is 4.65. The predicted octanol–water partition coefficient (Wildman–Crippen LogP) is -2.63. The smallest absolute Gasteiger partial charge is 0.0992 e. The van der Waals surface area contributed by atoms with Crippen LogP contribution in [0, 0.1) is 0 Å². The van der Waals surface area contributed by atoms with Crippen LogP contribution in [0.4, 0.5) is 0 Å². The molecule has 0 amide bonds. The lowest BCUT2D eigenvalue weighted by Crippen LogP contribution is -3.00. The molecular formula is C8H22INO. The van der Waals surface area contributed by atoms with Gasteiger partial charge in [0.05, 0.1) is 19.2 Å². The molecule has 3 heteroatoms. The van der Waals surface area contributed by atoms with Crippen molar-refractivity contribution in [1.29, 1.82) is 0 Å². The van der Waals surface area contributed by atoms with Gasteiger partial charge < -0.3 is 34.4 Å². The van der Waals surface area contributed by atoms with Crippen LogP contribution in [0.2, 0.25) is 0 Å². The van der Waals surface area contributed by atoms with Crippen molar-refractivity contribution in [3.8, 4) is 0 Å². The maximum atomic E-state index is 8.40. The van der Waals surface area contributed by atoms with E-state index in [9.17, 15) is 0 Å². The van der Waals surface area contributed by atoms with Crippen molar-refractivity contribution >= 4 is 0 Å². The lowest BCUT2D eigenvalue weighted by molar-refractivity contribution is -0.699. The van der Waals surface area contributed by atoms with Crippen molar-refractivity contribution in [2.45, 2.75) is 40.2 Å². The first kappa shape index (κ1) is 17.7. The maximum absolute atomic E-state index is 8.40. The van der Waals surface area contributed by atoms with Crippen LogP contribution < -0.4 is 29.3 Å². The summed E-state index contributed by atoms with van der Waals surface area (Å²) in [6.07, 6.45) is 4.12. The van der Waals surface area contributed by atoms with Crippen molar-refractivity contribution < 1.29 is 34.4 Å². The summed E-state index contributed by atoms with van der Waals surface area (Å²) in [5.74, 6) is 0. The second kappa shape index (κ2) is 10.7. The summed E-state index contributed by atoms with van der Waals surface area (Å²) in [7, 11) is 0. The fourth-order valence-electron chi connectivity index (χ4n) is 0.986. The van der Waals surface area contributed by atoms with Crippen molar-refractivity contribution in [3.63, 3.8) is 0 Å². The number of rotatable bonds is 3. The molecule has 0 aromatic rings. The first-order valence-corrected chi connectivity index (χ1v) is 3.37. The van der Waals surface area contributed by atoms with E-state index in [1.54, 1.807) is 0 Å². The van der Waals surface area contributed by atoms with Gasteiger partial charge in [-0.15, -0.1) is 0 Å². The third-order valence-corrected chi connectivity index (χ3v) is 1.78. The van der Waals surface area contributed by atoms with E-state index in [2.05, 4.69) is 5.32 Å². The molecule has 0 unspecified atom stereocenters. The van der Waals surface area contributed by atoms with E-state index in [-0.39, 0.29) is 38.8 Å². The molecule has 0 saturated heterocycles. The van der Waals surface area contributed by atoms with Crippen molar-refractivity contribution in [1.82, 2.24) is 0 Å². The van der Waals surface area contributed by atoms with E-state index in [4.69, 9.17) is 5.11 Å². The highest BCUT2D eigenvalue weighted by Gasteiger charge is 2.19. The second-order valence-electron chi connectivity index (χ2n) is 2.44. The molecule has 0 aromatic heterocycles. The molecule has 1 fully saturated rings. The summed E-state index contributed by atoms with van der Waals surface area (Å²) in [4.78, 5) is 0. The van der Waals surface area contributed by atoms with Gasteiger partial charge in [0, 0.05) is 0 Å². The zero-order valence-corrected chi connectivity index (χ0v) is 7.67. The Labute approximate surface area is 87.8 Å². The zero-order chi connectivity index (χ0) is 5.82. The van der Waals surface area contributed by atoms with E-state index >= 15 is 0 Å². The molecule has 0 bridgehead atoms. The Balaban J connectivity index is -0.000000213. The van der Waals surface area contributed by atoms with Gasteiger partial charge in [0.25, 0.3) is 0 Å². The normalized spacial score (nSPS) is 15.0. The van der Waals surface area contributed by atoms with Crippen LogP contribution in [0.5, 0.6) is 0 Å². The number of halogens is 1. The minimum atomic E-state index is 0. The van der Waals surface area contributed by atoms with Crippen LogP contribution in [-0.4, -0.2) is 24.3 Å². The molecule has 0 aromatic carbocycles. The molecule has 3 N–H and O–H groups in total. The largest absolute Gasteiger partial charge is 1.00 e. The van der Waals surface area contributed by atoms with Gasteiger partial charge in [-0.3, -0.25) is 0 Å². The molecule has 0 radical (unpaired) electrons. The predicted molar refractivity (Wildman–Crippen MR) is 45.0 cm³/mol. The molecular weight excluding hydrogens is 253 g/mol. The number of hydrogen-bond donors (Lipinski definition) is 2. The Morgan fingerprint density at radius 1 is 1.27 bits per heavy atom. The van der Waals surface area contributed by atoms with Crippen LogP contribution in [0.1, 0.15) is 34.1 Å². The maximum Gasteiger partial charge on any atom is 0.0992 e. The minimum Gasteiger partial charge on any atom is -1.00 e. The molecule has 0 spiro atoms. The number of aliphatic hydroxyl groups excluding tert-OH is 1. The number of nitrogens with two attached hydrogens (primary N) is 1. The summed E-state index contributed by atoms with van der Waals surface area (Å²) in [5.41, 5.74) is 0. The summed E-state index contributed by atoms with van der Waals surface area (Å²) in [6, 6.07) is 0.849.